The minimum absolute atomic E-state index is 0.168. The van der Waals surface area contributed by atoms with Crippen LogP contribution in [0.1, 0.15) is 25.5 Å². The molecule has 0 aromatic heterocycles. The second-order valence-corrected chi connectivity index (χ2v) is 5.99. The van der Waals surface area contributed by atoms with Crippen molar-refractivity contribution in [3.8, 4) is 0 Å². The molecule has 1 heterocycles. The molecule has 0 radical (unpaired) electrons. The zero-order chi connectivity index (χ0) is 14.6. The molecular weight excluding hydrogens is 252 g/mol. The van der Waals surface area contributed by atoms with Crippen LogP contribution in [-0.4, -0.2) is 44.2 Å². The molecule has 1 fully saturated rings. The van der Waals surface area contributed by atoms with E-state index in [0.717, 1.165) is 19.6 Å². The molecule has 1 saturated heterocycles. The predicted molar refractivity (Wildman–Crippen MR) is 79.4 cm³/mol. The Balaban J connectivity index is 2.05. The van der Waals surface area contributed by atoms with Crippen LogP contribution in [-0.2, 0) is 9.53 Å². The number of rotatable bonds is 4. The van der Waals surface area contributed by atoms with Crippen LogP contribution in [0, 0.1) is 5.41 Å². The molecule has 0 spiro atoms. The first-order valence-corrected chi connectivity index (χ1v) is 7.11. The molecule has 4 nitrogen and oxygen atoms in total. The van der Waals surface area contributed by atoms with E-state index >= 15 is 0 Å². The Bertz CT molecular complexity index is 445. The van der Waals surface area contributed by atoms with Gasteiger partial charge < -0.3 is 15.0 Å². The van der Waals surface area contributed by atoms with E-state index in [0.29, 0.717) is 6.61 Å². The number of hydrogen-bond donors (Lipinski definition) is 1. The Morgan fingerprint density at radius 1 is 1.40 bits per heavy atom. The molecule has 1 aliphatic heterocycles. The van der Waals surface area contributed by atoms with E-state index in [1.807, 2.05) is 36.9 Å². The maximum Gasteiger partial charge on any atom is 0.230 e. The molecule has 1 aliphatic rings. The van der Waals surface area contributed by atoms with Gasteiger partial charge in [0, 0.05) is 32.8 Å². The smallest absolute Gasteiger partial charge is 0.230 e. The first kappa shape index (κ1) is 15.0. The number of piperazine rings is 1. The highest BCUT2D eigenvalue weighted by atomic mass is 16.5. The van der Waals surface area contributed by atoms with Gasteiger partial charge in [-0.05, 0) is 19.4 Å². The van der Waals surface area contributed by atoms with E-state index in [9.17, 15) is 4.79 Å². The van der Waals surface area contributed by atoms with Crippen molar-refractivity contribution in [1.82, 2.24) is 10.2 Å². The summed E-state index contributed by atoms with van der Waals surface area (Å²) >= 11 is 0. The Morgan fingerprint density at radius 3 is 2.75 bits per heavy atom. The molecule has 0 saturated carbocycles. The first-order valence-electron chi connectivity index (χ1n) is 7.11. The average molecular weight is 276 g/mol. The van der Waals surface area contributed by atoms with Crippen molar-refractivity contribution >= 4 is 5.91 Å². The van der Waals surface area contributed by atoms with Gasteiger partial charge in [-0.3, -0.25) is 4.79 Å². The fraction of sp³-hybridized carbons (Fsp3) is 0.562. The van der Waals surface area contributed by atoms with Crippen molar-refractivity contribution in [1.29, 1.82) is 0 Å². The van der Waals surface area contributed by atoms with Crippen LogP contribution in [0.4, 0.5) is 0 Å². The zero-order valence-electron chi connectivity index (χ0n) is 12.6. The number of benzene rings is 1. The number of ether oxygens (including phenoxy) is 1. The summed E-state index contributed by atoms with van der Waals surface area (Å²) in [5, 5.41) is 3.48. The summed E-state index contributed by atoms with van der Waals surface area (Å²) in [5.41, 5.74) is 0.766. The van der Waals surface area contributed by atoms with Gasteiger partial charge in [0.05, 0.1) is 12.0 Å². The molecule has 110 valence electrons. The summed E-state index contributed by atoms with van der Waals surface area (Å²) in [4.78, 5) is 14.6. The molecule has 0 unspecified atom stereocenters. The van der Waals surface area contributed by atoms with Gasteiger partial charge in [-0.25, -0.2) is 0 Å². The summed E-state index contributed by atoms with van der Waals surface area (Å²) in [5.74, 6) is 0.168. The first-order chi connectivity index (χ1) is 9.54. The largest absolute Gasteiger partial charge is 0.384 e. The molecule has 1 aromatic carbocycles. The maximum atomic E-state index is 12.6. The SMILES string of the molecule is COCC(C)(C)C(=O)N1CCN[C@@H](c2ccccc2)C1. The number of amides is 1. The highest BCUT2D eigenvalue weighted by Crippen LogP contribution is 2.23. The Labute approximate surface area is 121 Å². The van der Waals surface area contributed by atoms with Crippen molar-refractivity contribution in [3.63, 3.8) is 0 Å². The van der Waals surface area contributed by atoms with Crippen LogP contribution in [0.5, 0.6) is 0 Å². The standard InChI is InChI=1S/C16H24N2O2/c1-16(2,12-20-3)15(19)18-10-9-17-14(11-18)13-7-5-4-6-8-13/h4-8,14,17H,9-12H2,1-3H3/t14-/m1/s1. The summed E-state index contributed by atoms with van der Waals surface area (Å²) in [6, 6.07) is 10.5. The Hall–Kier alpha value is -1.39. The van der Waals surface area contributed by atoms with Crippen molar-refractivity contribution in [2.75, 3.05) is 33.4 Å². The molecule has 0 aliphatic carbocycles. The molecule has 1 N–H and O–H groups in total. The van der Waals surface area contributed by atoms with E-state index in [1.165, 1.54) is 5.56 Å². The highest BCUT2D eigenvalue weighted by Gasteiger charge is 2.34. The van der Waals surface area contributed by atoms with E-state index in [2.05, 4.69) is 17.4 Å². The lowest BCUT2D eigenvalue weighted by molar-refractivity contribution is -0.144. The van der Waals surface area contributed by atoms with E-state index in [-0.39, 0.29) is 11.9 Å². The quantitative estimate of drug-likeness (QED) is 0.912. The van der Waals surface area contributed by atoms with Crippen LogP contribution in [0.15, 0.2) is 30.3 Å². The third kappa shape index (κ3) is 3.38. The van der Waals surface area contributed by atoms with E-state index in [4.69, 9.17) is 4.74 Å². The van der Waals surface area contributed by atoms with Crippen LogP contribution in [0.2, 0.25) is 0 Å². The Kier molecular flexibility index (Phi) is 4.78. The Morgan fingerprint density at radius 2 is 2.10 bits per heavy atom. The van der Waals surface area contributed by atoms with Crippen LogP contribution < -0.4 is 5.32 Å². The fourth-order valence-corrected chi connectivity index (χ4v) is 2.69. The van der Waals surface area contributed by atoms with E-state index < -0.39 is 5.41 Å². The topological polar surface area (TPSA) is 41.6 Å². The molecule has 4 heteroatoms. The molecule has 1 amide bonds. The van der Waals surface area contributed by atoms with Crippen LogP contribution in [0.3, 0.4) is 0 Å². The molecular formula is C16H24N2O2. The molecule has 0 bridgehead atoms. The summed E-state index contributed by atoms with van der Waals surface area (Å²) in [7, 11) is 1.64. The highest BCUT2D eigenvalue weighted by molar-refractivity contribution is 5.82. The lowest BCUT2D eigenvalue weighted by atomic mass is 9.91. The molecule has 1 atom stereocenters. The fourth-order valence-electron chi connectivity index (χ4n) is 2.69. The number of nitrogens with zero attached hydrogens (tertiary/aromatic N) is 1. The minimum Gasteiger partial charge on any atom is -0.384 e. The second-order valence-electron chi connectivity index (χ2n) is 5.99. The van der Waals surface area contributed by atoms with Gasteiger partial charge in [0.25, 0.3) is 0 Å². The van der Waals surface area contributed by atoms with Gasteiger partial charge in [0.15, 0.2) is 0 Å². The lowest BCUT2D eigenvalue weighted by Gasteiger charge is -2.38. The van der Waals surface area contributed by atoms with Crippen molar-refractivity contribution in [3.05, 3.63) is 35.9 Å². The van der Waals surface area contributed by atoms with E-state index in [1.54, 1.807) is 7.11 Å². The lowest BCUT2D eigenvalue weighted by Crippen LogP contribution is -2.52. The second kappa shape index (κ2) is 6.37. The van der Waals surface area contributed by atoms with Crippen LogP contribution in [0.25, 0.3) is 0 Å². The third-order valence-electron chi connectivity index (χ3n) is 3.75. The average Bonchev–Trinajstić information content (AvgIpc) is 2.47. The maximum absolute atomic E-state index is 12.6. The predicted octanol–water partition coefficient (Wildman–Crippen LogP) is 1.83. The molecule has 20 heavy (non-hydrogen) atoms. The number of methoxy groups -OCH3 is 1. The van der Waals surface area contributed by atoms with Crippen molar-refractivity contribution < 1.29 is 9.53 Å². The summed E-state index contributed by atoms with van der Waals surface area (Å²) in [6.07, 6.45) is 0. The van der Waals surface area contributed by atoms with Gasteiger partial charge >= 0.3 is 0 Å². The van der Waals surface area contributed by atoms with Crippen molar-refractivity contribution in [2.45, 2.75) is 19.9 Å². The number of carbonyl (C=O) groups is 1. The van der Waals surface area contributed by atoms with Gasteiger partial charge in [-0.15, -0.1) is 0 Å². The third-order valence-corrected chi connectivity index (χ3v) is 3.75. The van der Waals surface area contributed by atoms with Gasteiger partial charge in [0.1, 0.15) is 0 Å². The van der Waals surface area contributed by atoms with Gasteiger partial charge in [0.2, 0.25) is 5.91 Å². The number of hydrogen-bond acceptors (Lipinski definition) is 3. The number of nitrogens with one attached hydrogen (secondary N) is 1. The van der Waals surface area contributed by atoms with Gasteiger partial charge in [-0.1, -0.05) is 30.3 Å². The summed E-state index contributed by atoms with van der Waals surface area (Å²) in [6.45, 7) is 6.64. The zero-order valence-corrected chi connectivity index (χ0v) is 12.6. The molecule has 2 rings (SSSR count). The minimum atomic E-state index is -0.465. The van der Waals surface area contributed by atoms with Crippen LogP contribution >= 0.6 is 0 Å². The normalized spacial score (nSPS) is 19.9. The molecule has 1 aromatic rings. The van der Waals surface area contributed by atoms with Gasteiger partial charge in [-0.2, -0.15) is 0 Å². The van der Waals surface area contributed by atoms with Crippen molar-refractivity contribution in [2.24, 2.45) is 5.41 Å². The number of carbonyl (C=O) groups excluding carboxylic acids is 1. The monoisotopic (exact) mass is 276 g/mol. The summed E-state index contributed by atoms with van der Waals surface area (Å²) < 4.78 is 5.17.